The third-order valence-corrected chi connectivity index (χ3v) is 6.81. The highest BCUT2D eigenvalue weighted by molar-refractivity contribution is 7.90. The Morgan fingerprint density at radius 3 is 2.62 bits per heavy atom. The van der Waals surface area contributed by atoms with Gasteiger partial charge >= 0.3 is 5.97 Å². The first-order valence-electron chi connectivity index (χ1n) is 10.1. The van der Waals surface area contributed by atoms with Gasteiger partial charge in [0.05, 0.1) is 19.6 Å². The van der Waals surface area contributed by atoms with Crippen molar-refractivity contribution in [3.63, 3.8) is 0 Å². The molecule has 0 aliphatic carbocycles. The highest BCUT2D eigenvalue weighted by Crippen LogP contribution is 2.28. The molecule has 2 aliphatic rings. The van der Waals surface area contributed by atoms with Crippen molar-refractivity contribution >= 4 is 33.4 Å². The van der Waals surface area contributed by atoms with Crippen molar-refractivity contribution in [1.29, 1.82) is 0 Å². The summed E-state index contributed by atoms with van der Waals surface area (Å²) in [6, 6.07) is 13.7. The number of benzene rings is 2. The molecule has 0 radical (unpaired) electrons. The van der Waals surface area contributed by atoms with Gasteiger partial charge in [0, 0.05) is 31.3 Å². The quantitative estimate of drug-likeness (QED) is 0.608. The molecule has 2 aromatic carbocycles. The van der Waals surface area contributed by atoms with Crippen molar-refractivity contribution in [2.24, 2.45) is 10.3 Å². The van der Waals surface area contributed by atoms with Crippen LogP contribution >= 0.6 is 0 Å². The largest absolute Gasteiger partial charge is 0.497 e. The molecule has 2 aromatic rings. The second kappa shape index (κ2) is 8.62. The topological polar surface area (TPSA) is 106 Å². The number of hydrogen-bond acceptors (Lipinski definition) is 7. The standard InChI is InChI=1S/C22H23N3O6S/c1-24(21-18-5-3-4-6-19(18)32(28,29)23-21)11-12-31-22(27)15-13-20(26)25(14-15)16-7-9-17(30-2)10-8-16/h3-10,15H,11-14H2,1-2H3/t15-/m0/s1. The van der Waals surface area contributed by atoms with E-state index >= 15 is 0 Å². The van der Waals surface area contributed by atoms with Crippen LogP contribution in [0.5, 0.6) is 5.75 Å². The number of amidine groups is 1. The Bertz CT molecular complexity index is 1180. The monoisotopic (exact) mass is 457 g/mol. The number of amides is 1. The first-order chi connectivity index (χ1) is 15.3. The third kappa shape index (κ3) is 4.18. The SMILES string of the molecule is COc1ccc(N2C[C@@H](C(=O)OCCN(C)C3=NS(=O)(=O)c4ccccc43)CC2=O)cc1. The normalized spacial score (nSPS) is 18.8. The summed E-state index contributed by atoms with van der Waals surface area (Å²) < 4.78 is 38.7. The Morgan fingerprint density at radius 2 is 1.91 bits per heavy atom. The number of anilines is 1. The first-order valence-corrected chi connectivity index (χ1v) is 11.5. The molecule has 1 saturated heterocycles. The minimum atomic E-state index is -3.71. The zero-order valence-corrected chi connectivity index (χ0v) is 18.5. The number of sulfonamides is 1. The van der Waals surface area contributed by atoms with Gasteiger partial charge in [0.2, 0.25) is 5.91 Å². The number of fused-ring (bicyclic) bond motifs is 1. The van der Waals surface area contributed by atoms with Crippen molar-refractivity contribution < 1.29 is 27.5 Å². The average Bonchev–Trinajstić information content (AvgIpc) is 3.31. The fraction of sp³-hybridized carbons (Fsp3) is 0.318. The number of carbonyl (C=O) groups excluding carboxylic acids is 2. The summed E-state index contributed by atoms with van der Waals surface area (Å²) in [7, 11) is -0.454. The van der Waals surface area contributed by atoms with Crippen molar-refractivity contribution in [3.05, 3.63) is 54.1 Å². The summed E-state index contributed by atoms with van der Waals surface area (Å²) in [6.45, 7) is 0.555. The Balaban J connectivity index is 1.32. The molecule has 10 heteroatoms. The molecule has 0 aromatic heterocycles. The van der Waals surface area contributed by atoms with Crippen molar-refractivity contribution in [2.75, 3.05) is 38.8 Å². The van der Waals surface area contributed by atoms with Crippen LogP contribution in [0.4, 0.5) is 5.69 Å². The molecule has 32 heavy (non-hydrogen) atoms. The molecule has 0 N–H and O–H groups in total. The fourth-order valence-corrected chi connectivity index (χ4v) is 5.00. The number of methoxy groups -OCH3 is 1. The van der Waals surface area contributed by atoms with Crippen LogP contribution in [0.1, 0.15) is 12.0 Å². The van der Waals surface area contributed by atoms with Gasteiger partial charge in [0.25, 0.3) is 10.0 Å². The summed E-state index contributed by atoms with van der Waals surface area (Å²) >= 11 is 0. The molecule has 2 aliphatic heterocycles. The molecule has 0 unspecified atom stereocenters. The maximum atomic E-state index is 12.5. The highest BCUT2D eigenvalue weighted by Gasteiger charge is 2.36. The van der Waals surface area contributed by atoms with E-state index in [2.05, 4.69) is 4.40 Å². The zero-order valence-electron chi connectivity index (χ0n) is 17.7. The van der Waals surface area contributed by atoms with Gasteiger partial charge in [0.1, 0.15) is 17.3 Å². The molecular weight excluding hydrogens is 434 g/mol. The maximum absolute atomic E-state index is 12.5. The van der Waals surface area contributed by atoms with E-state index < -0.39 is 21.9 Å². The van der Waals surface area contributed by atoms with Crippen LogP contribution in [0.25, 0.3) is 0 Å². The van der Waals surface area contributed by atoms with Gasteiger partial charge in [-0.1, -0.05) is 12.1 Å². The maximum Gasteiger partial charge on any atom is 0.311 e. The van der Waals surface area contributed by atoms with Gasteiger partial charge in [0.15, 0.2) is 5.84 Å². The van der Waals surface area contributed by atoms with Crippen molar-refractivity contribution in [2.45, 2.75) is 11.3 Å². The summed E-state index contributed by atoms with van der Waals surface area (Å²) in [6.07, 6.45) is 0.0824. The molecule has 4 rings (SSSR count). The Labute approximate surface area is 186 Å². The molecular formula is C22H23N3O6S. The number of likely N-dealkylation sites (N-methyl/N-ethyl adjacent to an activating group) is 1. The minimum absolute atomic E-state index is 0.0454. The van der Waals surface area contributed by atoms with Gasteiger partial charge < -0.3 is 19.3 Å². The van der Waals surface area contributed by atoms with Gasteiger partial charge in [-0.15, -0.1) is 4.40 Å². The van der Waals surface area contributed by atoms with Crippen LogP contribution in [0.2, 0.25) is 0 Å². The number of rotatable bonds is 6. The van der Waals surface area contributed by atoms with Crippen molar-refractivity contribution in [3.8, 4) is 5.75 Å². The number of esters is 1. The van der Waals surface area contributed by atoms with E-state index in [1.54, 1.807) is 66.4 Å². The smallest absolute Gasteiger partial charge is 0.311 e. The van der Waals surface area contributed by atoms with E-state index in [9.17, 15) is 18.0 Å². The molecule has 9 nitrogen and oxygen atoms in total. The zero-order chi connectivity index (χ0) is 22.9. The van der Waals surface area contributed by atoms with Gasteiger partial charge in [-0.3, -0.25) is 9.59 Å². The third-order valence-electron chi connectivity index (χ3n) is 5.49. The van der Waals surface area contributed by atoms with Crippen LogP contribution < -0.4 is 9.64 Å². The highest BCUT2D eigenvalue weighted by atomic mass is 32.2. The van der Waals surface area contributed by atoms with Crippen molar-refractivity contribution in [1.82, 2.24) is 4.90 Å². The van der Waals surface area contributed by atoms with E-state index in [0.717, 1.165) is 0 Å². The predicted octanol–water partition coefficient (Wildman–Crippen LogP) is 1.67. The lowest BCUT2D eigenvalue weighted by Gasteiger charge is -2.19. The van der Waals surface area contributed by atoms with Crippen LogP contribution in [-0.2, 0) is 24.3 Å². The van der Waals surface area contributed by atoms with Gasteiger partial charge in [-0.25, -0.2) is 0 Å². The van der Waals surface area contributed by atoms with Crippen LogP contribution in [0.3, 0.4) is 0 Å². The minimum Gasteiger partial charge on any atom is -0.497 e. The van der Waals surface area contributed by atoms with Gasteiger partial charge in [-0.05, 0) is 36.4 Å². The lowest BCUT2D eigenvalue weighted by molar-refractivity contribution is -0.148. The Hall–Kier alpha value is -3.40. The molecule has 168 valence electrons. The van der Waals surface area contributed by atoms with Crippen LogP contribution in [-0.4, -0.2) is 64.9 Å². The summed E-state index contributed by atoms with van der Waals surface area (Å²) in [5.41, 5.74) is 1.22. The van der Waals surface area contributed by atoms with E-state index in [4.69, 9.17) is 9.47 Å². The van der Waals surface area contributed by atoms with Crippen LogP contribution in [0.15, 0.2) is 57.8 Å². The molecule has 1 fully saturated rings. The molecule has 0 spiro atoms. The molecule has 0 saturated carbocycles. The Kier molecular flexibility index (Phi) is 5.88. The van der Waals surface area contributed by atoms with E-state index in [-0.39, 0.29) is 36.9 Å². The first kappa shape index (κ1) is 21.8. The van der Waals surface area contributed by atoms with E-state index in [0.29, 0.717) is 22.8 Å². The summed E-state index contributed by atoms with van der Waals surface area (Å²) in [5.74, 6) is -0.151. The number of hydrogen-bond donors (Lipinski definition) is 0. The summed E-state index contributed by atoms with van der Waals surface area (Å²) in [4.78, 5) is 28.3. The number of nitrogens with zero attached hydrogens (tertiary/aromatic N) is 3. The second-order valence-electron chi connectivity index (χ2n) is 7.58. The van der Waals surface area contributed by atoms with Gasteiger partial charge in [-0.2, -0.15) is 8.42 Å². The summed E-state index contributed by atoms with van der Waals surface area (Å²) in [5, 5.41) is 0. The van der Waals surface area contributed by atoms with E-state index in [1.165, 1.54) is 6.07 Å². The molecule has 1 atom stereocenters. The van der Waals surface area contributed by atoms with Crippen LogP contribution in [0, 0.1) is 5.92 Å². The second-order valence-corrected chi connectivity index (χ2v) is 9.15. The molecule has 1 amide bonds. The lowest BCUT2D eigenvalue weighted by atomic mass is 10.1. The number of ether oxygens (including phenoxy) is 2. The Morgan fingerprint density at radius 1 is 1.19 bits per heavy atom. The predicted molar refractivity (Wildman–Crippen MR) is 117 cm³/mol. The fourth-order valence-electron chi connectivity index (χ4n) is 3.75. The lowest BCUT2D eigenvalue weighted by Crippen LogP contribution is -2.32. The number of carbonyl (C=O) groups is 2. The molecule has 2 heterocycles. The average molecular weight is 458 g/mol. The van der Waals surface area contributed by atoms with E-state index in [1.807, 2.05) is 0 Å². The molecule has 0 bridgehead atoms.